The van der Waals surface area contributed by atoms with E-state index >= 15 is 0 Å². The minimum Gasteiger partial charge on any atom is -0.480 e. The Kier molecular flexibility index (Phi) is 21.8. The summed E-state index contributed by atoms with van der Waals surface area (Å²) in [4.78, 5) is 112. The Morgan fingerprint density at radius 3 is 2.30 bits per heavy atom. The molecule has 1 aromatic carbocycles. The number of carboxylic acids is 1. The highest BCUT2D eigenvalue weighted by atomic mass is 32.2. The van der Waals surface area contributed by atoms with Crippen LogP contribution in [0.4, 0.5) is 5.82 Å². The highest BCUT2D eigenvalue weighted by Gasteiger charge is 2.50. The number of benzene rings is 1. The van der Waals surface area contributed by atoms with E-state index in [0.717, 1.165) is 22.8 Å². The van der Waals surface area contributed by atoms with Crippen molar-refractivity contribution in [1.82, 2.24) is 40.8 Å². The van der Waals surface area contributed by atoms with Crippen molar-refractivity contribution in [2.75, 3.05) is 50.1 Å². The van der Waals surface area contributed by atoms with Crippen molar-refractivity contribution in [1.29, 1.82) is 0 Å². The lowest BCUT2D eigenvalue weighted by molar-refractivity contribution is -0.142. The first-order valence-corrected chi connectivity index (χ1v) is 26.7. The summed E-state index contributed by atoms with van der Waals surface area (Å²) in [6, 6.07) is 7.77. The molecule has 3 heterocycles. The number of nitrogen functional groups attached to an aromatic ring is 1. The number of hydrogen-bond donors (Lipinski definition) is 12. The minimum absolute atomic E-state index is 0.0179. The van der Waals surface area contributed by atoms with Crippen molar-refractivity contribution < 1.29 is 95.2 Å². The van der Waals surface area contributed by atoms with E-state index in [4.69, 9.17) is 19.5 Å². The Morgan fingerprint density at radius 2 is 1.61 bits per heavy atom. The van der Waals surface area contributed by atoms with E-state index in [1.54, 1.807) is 24.3 Å². The zero-order valence-electron chi connectivity index (χ0n) is 37.5. The van der Waals surface area contributed by atoms with Crippen molar-refractivity contribution in [3.05, 3.63) is 48.5 Å². The summed E-state index contributed by atoms with van der Waals surface area (Å²) in [5, 5.41) is 41.0. The average Bonchev–Trinajstić information content (AvgIpc) is 3.84. The molecule has 1 fully saturated rings. The molecule has 0 saturated carbocycles. The van der Waals surface area contributed by atoms with Crippen LogP contribution in [0.2, 0.25) is 0 Å². The number of nitrogens with zero attached hydrogens (tertiary/aromatic N) is 4. The molecule has 3 aromatic rings. The van der Waals surface area contributed by atoms with Crippen LogP contribution in [0.25, 0.3) is 11.2 Å². The molecule has 70 heavy (non-hydrogen) atoms. The number of amides is 4. The van der Waals surface area contributed by atoms with Gasteiger partial charge in [0.25, 0.3) is 0 Å². The predicted octanol–water partition coefficient (Wildman–Crippen LogP) is -0.763. The van der Waals surface area contributed by atoms with Crippen molar-refractivity contribution in [2.45, 2.75) is 82.6 Å². The van der Waals surface area contributed by atoms with Crippen LogP contribution in [0.5, 0.6) is 0 Å². The lowest BCUT2D eigenvalue weighted by Gasteiger charge is -2.30. The maximum atomic E-state index is 12.7. The summed E-state index contributed by atoms with van der Waals surface area (Å²) in [7, 11) is -16.5. The van der Waals surface area contributed by atoms with Gasteiger partial charge >= 0.3 is 29.4 Å². The largest absolute Gasteiger partial charge is 0.481 e. The normalized spacial score (nSPS) is 19.9. The summed E-state index contributed by atoms with van der Waals surface area (Å²) in [5.74, 6) is -2.56. The van der Waals surface area contributed by atoms with Gasteiger partial charge in [0.1, 0.15) is 42.3 Å². The van der Waals surface area contributed by atoms with Gasteiger partial charge < -0.3 is 66.6 Å². The third-order valence-corrected chi connectivity index (χ3v) is 14.1. The highest BCUT2D eigenvalue weighted by molar-refractivity contribution is 7.99. The number of phosphoric ester groups is 3. The number of thioether (sulfide) groups is 1. The van der Waals surface area contributed by atoms with Gasteiger partial charge in [0.15, 0.2) is 17.7 Å². The number of nitrogens with one attached hydrogen (secondary N) is 4. The summed E-state index contributed by atoms with van der Waals surface area (Å²) < 4.78 is 62.4. The number of fused-ring (bicyclic) bond motifs is 1. The second-order valence-corrected chi connectivity index (χ2v) is 21.5. The molecule has 4 amide bonds. The van der Waals surface area contributed by atoms with Crippen LogP contribution < -0.4 is 27.0 Å². The second kappa shape index (κ2) is 26.3. The molecule has 33 heteroatoms. The molecular formula is C37H56N9O20P3S. The third-order valence-electron chi connectivity index (χ3n) is 9.96. The van der Waals surface area contributed by atoms with Gasteiger partial charge in [0, 0.05) is 30.7 Å². The molecular weight excluding hydrogens is 1020 g/mol. The van der Waals surface area contributed by atoms with Gasteiger partial charge in [-0.25, -0.2) is 33.4 Å². The van der Waals surface area contributed by atoms with Crippen LogP contribution in [0.3, 0.4) is 0 Å². The van der Waals surface area contributed by atoms with Gasteiger partial charge in [-0.05, 0) is 30.6 Å². The molecule has 1 aliphatic heterocycles. The van der Waals surface area contributed by atoms with E-state index in [0.29, 0.717) is 24.3 Å². The molecule has 1 aliphatic rings. The van der Waals surface area contributed by atoms with Crippen LogP contribution in [0.15, 0.2) is 43.0 Å². The zero-order chi connectivity index (χ0) is 51.9. The van der Waals surface area contributed by atoms with E-state index in [9.17, 15) is 72.6 Å². The first kappa shape index (κ1) is 58.1. The minimum atomic E-state index is -5.60. The van der Waals surface area contributed by atoms with E-state index in [1.807, 2.05) is 6.07 Å². The van der Waals surface area contributed by atoms with Crippen molar-refractivity contribution in [3.63, 3.8) is 0 Å². The number of hydrogen-bond acceptors (Lipinski definition) is 20. The molecule has 390 valence electrons. The molecule has 2 unspecified atom stereocenters. The lowest BCUT2D eigenvalue weighted by Crippen LogP contribution is -2.46. The summed E-state index contributed by atoms with van der Waals surface area (Å²) >= 11 is 1.49. The molecule has 0 spiro atoms. The second-order valence-electron chi connectivity index (χ2n) is 16.1. The van der Waals surface area contributed by atoms with Crippen molar-refractivity contribution >= 4 is 81.8 Å². The zero-order valence-corrected chi connectivity index (χ0v) is 41.0. The molecule has 4 rings (SSSR count). The fourth-order valence-electron chi connectivity index (χ4n) is 6.38. The Bertz CT molecular complexity index is 2420. The molecule has 2 aromatic heterocycles. The molecule has 1 saturated heterocycles. The molecule has 0 bridgehead atoms. The number of carbonyl (C=O) groups is 5. The predicted molar refractivity (Wildman–Crippen MR) is 244 cm³/mol. The number of carboxylic acid groups (broad SMARTS) is 1. The molecule has 8 atom stereocenters. The van der Waals surface area contributed by atoms with Crippen LogP contribution >= 0.6 is 35.2 Å². The van der Waals surface area contributed by atoms with E-state index in [-0.39, 0.29) is 61.8 Å². The third kappa shape index (κ3) is 18.9. The SMILES string of the molecule is CC(C)(COP(=O)(O)OP(=O)(O)OC[C@H]1O[C@@H](n2cnc3c(N)ncnc32)[C@H](O)[C@@H]1OP(=O)(O)O)[C@@H](O)C(=O)NCCC(=O)NCCSCCCC[C@H](NC(=O)CNC(=O)Cc1ccccc1)C(=O)O. The van der Waals surface area contributed by atoms with Gasteiger partial charge in [0.2, 0.25) is 23.6 Å². The summed E-state index contributed by atoms with van der Waals surface area (Å²) in [6.07, 6.45) is -5.71. The summed E-state index contributed by atoms with van der Waals surface area (Å²) in [6.45, 7) is 0.0979. The van der Waals surface area contributed by atoms with Crippen LogP contribution in [-0.2, 0) is 66.7 Å². The van der Waals surface area contributed by atoms with Gasteiger partial charge in [-0.1, -0.05) is 44.2 Å². The van der Waals surface area contributed by atoms with Crippen molar-refractivity contribution in [2.24, 2.45) is 5.41 Å². The molecule has 13 N–H and O–H groups in total. The summed E-state index contributed by atoms with van der Waals surface area (Å²) in [5.41, 5.74) is 4.98. The Morgan fingerprint density at radius 1 is 0.914 bits per heavy atom. The number of aliphatic carboxylic acids is 1. The number of carbonyl (C=O) groups excluding carboxylic acids is 4. The van der Waals surface area contributed by atoms with E-state index in [1.165, 1.54) is 25.6 Å². The smallest absolute Gasteiger partial charge is 0.480 e. The quantitative estimate of drug-likeness (QED) is 0.0288. The van der Waals surface area contributed by atoms with Crippen LogP contribution in [-0.4, -0.2) is 159 Å². The number of phosphoric acid groups is 3. The van der Waals surface area contributed by atoms with Crippen LogP contribution in [0, 0.1) is 5.41 Å². The average molecular weight is 1070 g/mol. The molecule has 29 nitrogen and oxygen atoms in total. The fraction of sp³-hybridized carbons (Fsp3) is 0.568. The van der Waals surface area contributed by atoms with Gasteiger partial charge in [-0.2, -0.15) is 16.1 Å². The number of aromatic nitrogens is 4. The monoisotopic (exact) mass is 1070 g/mol. The maximum absolute atomic E-state index is 12.7. The standard InChI is InChI=1S/C37H56N9O20P3S/c1-37(2,19-63-69(60,61)66-68(58,59)62-18-24-30(65-67(55,56)57)29(50)35(64-24)46-21-44-28-32(38)42-20-43-33(28)46)31(51)34(52)40-12-11-25(47)39-13-15-70-14-7-6-10-23(36(53)54)45-27(49)17-41-26(48)16-22-8-4-3-5-9-22/h3-5,8-9,20-21,23-24,29-31,35,50-51H,6-7,10-19H2,1-2H3,(H,39,47)(H,40,52)(H,41,48)(H,45,49)(H,53,54)(H,58,59)(H,60,61)(H2,38,42,43)(H2,55,56,57)/t23-,24+,29+,30+,31-,35+/m0/s1. The number of imidazole rings is 1. The first-order valence-electron chi connectivity index (χ1n) is 21.1. The van der Waals surface area contributed by atoms with Crippen LogP contribution in [0.1, 0.15) is 51.3 Å². The Labute approximate surface area is 403 Å². The number of ether oxygens (including phenoxy) is 1. The molecule has 0 radical (unpaired) electrons. The van der Waals surface area contributed by atoms with Gasteiger partial charge in [-0.3, -0.25) is 37.3 Å². The molecule has 0 aliphatic carbocycles. The number of anilines is 1. The number of aliphatic hydroxyl groups is 2. The number of aliphatic hydroxyl groups excluding tert-OH is 2. The topological polar surface area (TPSA) is 442 Å². The number of unbranched alkanes of at least 4 members (excludes halogenated alkanes) is 1. The highest BCUT2D eigenvalue weighted by Crippen LogP contribution is 2.61. The van der Waals surface area contributed by atoms with Crippen molar-refractivity contribution in [3.8, 4) is 0 Å². The number of rotatable bonds is 30. The van der Waals surface area contributed by atoms with Gasteiger partial charge in [-0.15, -0.1) is 0 Å². The first-order chi connectivity index (χ1) is 32.8. The van der Waals surface area contributed by atoms with Gasteiger partial charge in [0.05, 0.1) is 32.5 Å². The maximum Gasteiger partial charge on any atom is 0.481 e. The van der Waals surface area contributed by atoms with E-state index in [2.05, 4.69) is 45.1 Å². The lowest BCUT2D eigenvalue weighted by atomic mass is 9.87. The van der Waals surface area contributed by atoms with E-state index < -0.39 is 102 Å². The number of nitrogens with two attached hydrogens (primary N) is 1. The Hall–Kier alpha value is -4.48. The Balaban J connectivity index is 1.10. The fourth-order valence-corrected chi connectivity index (χ4v) is 10.1.